The van der Waals surface area contributed by atoms with E-state index in [1.54, 1.807) is 18.0 Å². The predicted molar refractivity (Wildman–Crippen MR) is 92.8 cm³/mol. The Kier molecular flexibility index (Phi) is 5.00. The number of ether oxygens (including phenoxy) is 1. The van der Waals surface area contributed by atoms with Gasteiger partial charge in [0.25, 0.3) is 5.91 Å². The number of hydrogen-bond donors (Lipinski definition) is 0. The minimum atomic E-state index is -0.509. The fourth-order valence-corrected chi connectivity index (χ4v) is 2.42. The van der Waals surface area contributed by atoms with Crippen LogP contribution in [0.2, 0.25) is 0 Å². The molecule has 0 saturated carbocycles. The Morgan fingerprint density at radius 2 is 1.91 bits per heavy atom. The van der Waals surface area contributed by atoms with Gasteiger partial charge in [0, 0.05) is 26.8 Å². The molecule has 1 amide bonds. The number of amides is 1. The summed E-state index contributed by atoms with van der Waals surface area (Å²) in [5.41, 5.74) is 2.38. The second kappa shape index (κ2) is 6.78. The quantitative estimate of drug-likeness (QED) is 0.471. The van der Waals surface area contributed by atoms with Crippen LogP contribution in [-0.4, -0.2) is 61.6 Å². The Bertz CT molecular complexity index is 668. The highest BCUT2D eigenvalue weighted by Crippen LogP contribution is 2.23. The molecule has 1 heterocycles. The van der Waals surface area contributed by atoms with Crippen LogP contribution in [0.25, 0.3) is 6.08 Å². The maximum absolute atomic E-state index is 12.5. The minimum Gasteiger partial charge on any atom is -0.468 e. The van der Waals surface area contributed by atoms with E-state index in [0.29, 0.717) is 5.70 Å². The first-order chi connectivity index (χ1) is 10.8. The molecule has 122 valence electrons. The van der Waals surface area contributed by atoms with Crippen molar-refractivity contribution in [1.82, 2.24) is 9.80 Å². The number of methoxy groups -OCH3 is 1. The van der Waals surface area contributed by atoms with Crippen LogP contribution in [0.15, 0.2) is 30.0 Å². The zero-order valence-corrected chi connectivity index (χ0v) is 14.4. The van der Waals surface area contributed by atoms with Crippen LogP contribution in [0.5, 0.6) is 0 Å². The van der Waals surface area contributed by atoms with Gasteiger partial charge in [-0.25, -0.2) is 0 Å². The van der Waals surface area contributed by atoms with E-state index in [1.165, 1.54) is 12.0 Å². The molecule has 0 radical (unpaired) electrons. The number of benzene rings is 1. The molecule has 23 heavy (non-hydrogen) atoms. The summed E-state index contributed by atoms with van der Waals surface area (Å²) in [7, 11) is 6.91. The highest BCUT2D eigenvalue weighted by atomic mass is 32.1. The topological polar surface area (TPSA) is 53.1 Å². The van der Waals surface area contributed by atoms with Crippen LogP contribution in [0.4, 0.5) is 5.69 Å². The number of carbonyl (C=O) groups is 2. The van der Waals surface area contributed by atoms with E-state index in [2.05, 4.69) is 4.74 Å². The van der Waals surface area contributed by atoms with E-state index in [-0.39, 0.29) is 17.6 Å². The van der Waals surface area contributed by atoms with Crippen LogP contribution >= 0.6 is 12.2 Å². The Morgan fingerprint density at radius 3 is 2.43 bits per heavy atom. The maximum atomic E-state index is 12.5. The number of anilines is 1. The van der Waals surface area contributed by atoms with E-state index < -0.39 is 5.97 Å². The van der Waals surface area contributed by atoms with Crippen molar-refractivity contribution >= 4 is 41.0 Å². The maximum Gasteiger partial charge on any atom is 0.325 e. The average Bonchev–Trinajstić information content (AvgIpc) is 2.73. The third kappa shape index (κ3) is 3.50. The second-order valence-electron chi connectivity index (χ2n) is 5.32. The third-order valence-electron chi connectivity index (χ3n) is 3.57. The molecule has 2 rings (SSSR count). The molecule has 1 aromatic rings. The van der Waals surface area contributed by atoms with Crippen molar-refractivity contribution in [3.8, 4) is 0 Å². The minimum absolute atomic E-state index is 0.185. The summed E-state index contributed by atoms with van der Waals surface area (Å²) >= 11 is 5.23. The molecule has 1 fully saturated rings. The molecule has 0 N–H and O–H groups in total. The van der Waals surface area contributed by atoms with Gasteiger partial charge in [-0.3, -0.25) is 14.5 Å². The fraction of sp³-hybridized carbons (Fsp3) is 0.312. The summed E-state index contributed by atoms with van der Waals surface area (Å²) < 4.78 is 4.60. The highest BCUT2D eigenvalue weighted by Gasteiger charge is 2.36. The summed E-state index contributed by atoms with van der Waals surface area (Å²) in [6, 6.07) is 7.79. The van der Waals surface area contributed by atoms with Gasteiger partial charge < -0.3 is 14.5 Å². The Labute approximate surface area is 140 Å². The van der Waals surface area contributed by atoms with Crippen LogP contribution in [-0.2, 0) is 14.3 Å². The van der Waals surface area contributed by atoms with Crippen molar-refractivity contribution in [3.05, 3.63) is 35.5 Å². The molecule has 0 aromatic heterocycles. The molecular weight excluding hydrogens is 314 g/mol. The number of likely N-dealkylation sites (N-methyl/N-ethyl adjacent to an activating group) is 1. The van der Waals surface area contributed by atoms with Crippen LogP contribution in [0.1, 0.15) is 5.56 Å². The molecule has 1 aliphatic heterocycles. The summed E-state index contributed by atoms with van der Waals surface area (Å²) in [5, 5.41) is 0.288. The molecule has 1 aromatic carbocycles. The molecule has 1 saturated heterocycles. The van der Waals surface area contributed by atoms with E-state index >= 15 is 0 Å². The number of hydrogen-bond acceptors (Lipinski definition) is 5. The van der Waals surface area contributed by atoms with E-state index in [9.17, 15) is 9.59 Å². The van der Waals surface area contributed by atoms with Gasteiger partial charge in [-0.15, -0.1) is 0 Å². The van der Waals surface area contributed by atoms with Crippen molar-refractivity contribution in [3.63, 3.8) is 0 Å². The lowest BCUT2D eigenvalue weighted by Crippen LogP contribution is -2.36. The Balaban J connectivity index is 2.26. The SMILES string of the molecule is COC(=O)CN1C(=O)/C(=C/c2ccc(N(C)C)cc2)N(C)C1=S. The molecule has 0 atom stereocenters. The van der Waals surface area contributed by atoms with Gasteiger partial charge in [0.1, 0.15) is 12.2 Å². The zero-order valence-electron chi connectivity index (χ0n) is 13.6. The normalized spacial score (nSPS) is 16.3. The zero-order chi connectivity index (χ0) is 17.1. The molecule has 7 heteroatoms. The number of rotatable bonds is 4. The molecule has 1 aliphatic rings. The van der Waals surface area contributed by atoms with Crippen molar-refractivity contribution in [2.45, 2.75) is 0 Å². The lowest BCUT2D eigenvalue weighted by Gasteiger charge is -2.14. The number of nitrogens with zero attached hydrogens (tertiary/aromatic N) is 3. The van der Waals surface area contributed by atoms with Gasteiger partial charge in [0.15, 0.2) is 5.11 Å². The van der Waals surface area contributed by atoms with E-state index in [4.69, 9.17) is 12.2 Å². The molecular formula is C16H19N3O3S. The van der Waals surface area contributed by atoms with Crippen molar-refractivity contribution in [2.75, 3.05) is 39.7 Å². The number of thiocarbonyl (C=S) groups is 1. The first-order valence-electron chi connectivity index (χ1n) is 7.00. The summed E-state index contributed by atoms with van der Waals surface area (Å²) in [5.74, 6) is -0.815. The van der Waals surface area contributed by atoms with Crippen LogP contribution in [0.3, 0.4) is 0 Å². The lowest BCUT2D eigenvalue weighted by atomic mass is 10.1. The lowest BCUT2D eigenvalue weighted by molar-refractivity contribution is -0.143. The second-order valence-corrected chi connectivity index (χ2v) is 5.69. The fourth-order valence-electron chi connectivity index (χ4n) is 2.17. The summed E-state index contributed by atoms with van der Waals surface area (Å²) in [4.78, 5) is 28.7. The largest absolute Gasteiger partial charge is 0.468 e. The molecule has 6 nitrogen and oxygen atoms in total. The third-order valence-corrected chi connectivity index (χ3v) is 4.07. The highest BCUT2D eigenvalue weighted by molar-refractivity contribution is 7.80. The molecule has 0 bridgehead atoms. The number of esters is 1. The van der Waals surface area contributed by atoms with Gasteiger partial charge in [0.2, 0.25) is 0 Å². The van der Waals surface area contributed by atoms with Crippen LogP contribution < -0.4 is 4.90 Å². The number of carbonyl (C=O) groups excluding carboxylic acids is 2. The van der Waals surface area contributed by atoms with Gasteiger partial charge in [-0.2, -0.15) is 0 Å². The monoisotopic (exact) mass is 333 g/mol. The molecule has 0 aliphatic carbocycles. The van der Waals surface area contributed by atoms with Crippen molar-refractivity contribution in [1.29, 1.82) is 0 Å². The van der Waals surface area contributed by atoms with Gasteiger partial charge >= 0.3 is 5.97 Å². The summed E-state index contributed by atoms with van der Waals surface area (Å²) in [6.07, 6.45) is 1.76. The smallest absolute Gasteiger partial charge is 0.325 e. The van der Waals surface area contributed by atoms with Crippen LogP contribution in [0, 0.1) is 0 Å². The standard InChI is InChI=1S/C16H19N3O3S/c1-17(2)12-7-5-11(6-8-12)9-13-15(21)19(10-14(20)22-4)16(23)18(13)3/h5-9H,10H2,1-4H3/b13-9-. The predicted octanol–water partition coefficient (Wildman–Crippen LogP) is 1.33. The van der Waals surface area contributed by atoms with Gasteiger partial charge in [-0.05, 0) is 36.0 Å². The van der Waals surface area contributed by atoms with Gasteiger partial charge in [-0.1, -0.05) is 12.1 Å². The van der Waals surface area contributed by atoms with E-state index in [0.717, 1.165) is 11.3 Å². The first kappa shape index (κ1) is 17.0. The Morgan fingerprint density at radius 1 is 1.30 bits per heavy atom. The molecule has 0 unspecified atom stereocenters. The van der Waals surface area contributed by atoms with E-state index in [1.807, 2.05) is 43.3 Å². The van der Waals surface area contributed by atoms with Crippen molar-refractivity contribution < 1.29 is 14.3 Å². The summed E-state index contributed by atoms with van der Waals surface area (Å²) in [6.45, 7) is -0.185. The average molecular weight is 333 g/mol. The van der Waals surface area contributed by atoms with Gasteiger partial charge in [0.05, 0.1) is 7.11 Å². The Hall–Kier alpha value is -2.41. The first-order valence-corrected chi connectivity index (χ1v) is 7.41. The molecule has 0 spiro atoms. The van der Waals surface area contributed by atoms with Crippen molar-refractivity contribution in [2.24, 2.45) is 0 Å².